The zero-order valence-corrected chi connectivity index (χ0v) is 16.0. The van der Waals surface area contributed by atoms with Crippen LogP contribution in [0.4, 0.5) is 10.5 Å². The maximum Gasteiger partial charge on any atom is 0.414 e. The van der Waals surface area contributed by atoms with E-state index in [1.807, 2.05) is 13.0 Å². The molecule has 2 aromatic rings. The Balaban J connectivity index is 1.69. The molecule has 8 heteroatoms. The Kier molecular flexibility index (Phi) is 5.22. The topological polar surface area (TPSA) is 75.7 Å². The molecule has 1 saturated heterocycles. The molecule has 1 fully saturated rings. The third-order valence-electron chi connectivity index (χ3n) is 4.13. The normalized spacial score (nSPS) is 17.4. The van der Waals surface area contributed by atoms with Crippen molar-refractivity contribution in [3.63, 3.8) is 0 Å². The number of amides is 1. The number of aryl methyl sites for hydroxylation is 2. The van der Waals surface area contributed by atoms with Gasteiger partial charge in [0, 0.05) is 17.3 Å². The molecule has 3 rings (SSSR count). The van der Waals surface area contributed by atoms with Crippen molar-refractivity contribution in [1.82, 2.24) is 4.72 Å². The lowest BCUT2D eigenvalue weighted by Crippen LogP contribution is -2.35. The summed E-state index contributed by atoms with van der Waals surface area (Å²) >= 11 is 5.95. The van der Waals surface area contributed by atoms with Crippen LogP contribution in [0.25, 0.3) is 0 Å². The van der Waals surface area contributed by atoms with Crippen molar-refractivity contribution in [1.29, 1.82) is 0 Å². The van der Waals surface area contributed by atoms with Gasteiger partial charge in [-0.15, -0.1) is 0 Å². The molecular weight excluding hydrogens is 376 g/mol. The van der Waals surface area contributed by atoms with Crippen molar-refractivity contribution < 1.29 is 17.9 Å². The number of anilines is 1. The van der Waals surface area contributed by atoms with Crippen molar-refractivity contribution >= 4 is 33.4 Å². The standard InChI is InChI=1S/C18H19ClN2O4S/c1-12-6-7-13(2)17(8-12)26(23,24)20-10-16-11-21(18(22)25-16)15-5-3-4-14(19)9-15/h3-9,16,20H,10-11H2,1-2H3/t16-/m1/s1. The molecule has 1 amide bonds. The second kappa shape index (κ2) is 7.26. The molecule has 26 heavy (non-hydrogen) atoms. The summed E-state index contributed by atoms with van der Waals surface area (Å²) in [6.07, 6.45) is -1.11. The molecule has 1 aliphatic rings. The number of nitrogens with zero attached hydrogens (tertiary/aromatic N) is 1. The number of carbonyl (C=O) groups is 1. The van der Waals surface area contributed by atoms with Gasteiger partial charge in [-0.1, -0.05) is 29.8 Å². The smallest absolute Gasteiger partial charge is 0.414 e. The SMILES string of the molecule is Cc1ccc(C)c(S(=O)(=O)NC[C@@H]2CN(c3cccc(Cl)c3)C(=O)O2)c1. The maximum atomic E-state index is 12.6. The molecule has 0 radical (unpaired) electrons. The van der Waals surface area contributed by atoms with E-state index in [1.54, 1.807) is 43.3 Å². The molecule has 1 N–H and O–H groups in total. The summed E-state index contributed by atoms with van der Waals surface area (Å²) in [6.45, 7) is 3.82. The fraction of sp³-hybridized carbons (Fsp3) is 0.278. The van der Waals surface area contributed by atoms with Gasteiger partial charge in [0.15, 0.2) is 0 Å². The van der Waals surface area contributed by atoms with Gasteiger partial charge in [-0.25, -0.2) is 17.9 Å². The lowest BCUT2D eigenvalue weighted by atomic mass is 10.2. The summed E-state index contributed by atoms with van der Waals surface area (Å²) < 4.78 is 32.9. The lowest BCUT2D eigenvalue weighted by Gasteiger charge is -2.14. The van der Waals surface area contributed by atoms with Crippen LogP contribution in [0, 0.1) is 13.8 Å². The van der Waals surface area contributed by atoms with Gasteiger partial charge in [0.1, 0.15) is 6.10 Å². The van der Waals surface area contributed by atoms with E-state index in [0.717, 1.165) is 5.56 Å². The molecule has 0 aromatic heterocycles. The Hall–Kier alpha value is -2.09. The van der Waals surface area contributed by atoms with Crippen molar-refractivity contribution in [2.75, 3.05) is 18.0 Å². The van der Waals surface area contributed by atoms with Gasteiger partial charge in [0.2, 0.25) is 10.0 Å². The number of hydrogen-bond donors (Lipinski definition) is 1. The number of sulfonamides is 1. The Labute approximate surface area is 157 Å². The van der Waals surface area contributed by atoms with Gasteiger partial charge in [-0.3, -0.25) is 4.90 Å². The van der Waals surface area contributed by atoms with E-state index in [0.29, 0.717) is 16.3 Å². The number of ether oxygens (including phenoxy) is 1. The van der Waals surface area contributed by atoms with Crippen LogP contribution in [-0.2, 0) is 14.8 Å². The van der Waals surface area contributed by atoms with Crippen LogP contribution in [-0.4, -0.2) is 33.7 Å². The van der Waals surface area contributed by atoms with Gasteiger partial charge in [-0.05, 0) is 49.2 Å². The van der Waals surface area contributed by atoms with Crippen LogP contribution >= 0.6 is 11.6 Å². The monoisotopic (exact) mass is 394 g/mol. The first kappa shape index (κ1) is 18.7. The first-order valence-corrected chi connectivity index (χ1v) is 9.93. The molecule has 1 heterocycles. The summed E-state index contributed by atoms with van der Waals surface area (Å²) in [4.78, 5) is 13.7. The highest BCUT2D eigenvalue weighted by atomic mass is 35.5. The highest BCUT2D eigenvalue weighted by Gasteiger charge is 2.33. The summed E-state index contributed by atoms with van der Waals surface area (Å²) in [5.74, 6) is 0. The number of rotatable bonds is 5. The third kappa shape index (κ3) is 4.00. The minimum absolute atomic E-state index is 0.00147. The Bertz CT molecular complexity index is 946. The molecule has 0 spiro atoms. The molecule has 0 unspecified atom stereocenters. The minimum atomic E-state index is -3.69. The molecule has 1 atom stereocenters. The Morgan fingerprint density at radius 1 is 1.23 bits per heavy atom. The first-order valence-electron chi connectivity index (χ1n) is 8.07. The van der Waals surface area contributed by atoms with Crippen LogP contribution in [0.1, 0.15) is 11.1 Å². The summed E-state index contributed by atoms with van der Waals surface area (Å²) in [5.41, 5.74) is 2.13. The van der Waals surface area contributed by atoms with Crippen LogP contribution in [0.2, 0.25) is 5.02 Å². The molecule has 2 aromatic carbocycles. The third-order valence-corrected chi connectivity index (χ3v) is 5.93. The molecular formula is C18H19ClN2O4S. The number of halogens is 1. The number of cyclic esters (lactones) is 1. The average molecular weight is 395 g/mol. The second-order valence-corrected chi connectivity index (χ2v) is 8.39. The number of nitrogens with one attached hydrogen (secondary N) is 1. The van der Waals surface area contributed by atoms with Crippen LogP contribution in [0.3, 0.4) is 0 Å². The predicted octanol–water partition coefficient (Wildman–Crippen LogP) is 3.26. The molecule has 138 valence electrons. The highest BCUT2D eigenvalue weighted by molar-refractivity contribution is 7.89. The van der Waals surface area contributed by atoms with Gasteiger partial charge in [-0.2, -0.15) is 0 Å². The van der Waals surface area contributed by atoms with Crippen molar-refractivity contribution in [3.8, 4) is 0 Å². The van der Waals surface area contributed by atoms with E-state index in [4.69, 9.17) is 16.3 Å². The lowest BCUT2D eigenvalue weighted by molar-refractivity contribution is 0.143. The Morgan fingerprint density at radius 3 is 2.73 bits per heavy atom. The predicted molar refractivity (Wildman–Crippen MR) is 100 cm³/mol. The van der Waals surface area contributed by atoms with E-state index >= 15 is 0 Å². The van der Waals surface area contributed by atoms with E-state index in [-0.39, 0.29) is 18.0 Å². The second-order valence-electron chi connectivity index (χ2n) is 6.22. The van der Waals surface area contributed by atoms with Crippen LogP contribution in [0.5, 0.6) is 0 Å². The van der Waals surface area contributed by atoms with Gasteiger partial charge in [0.25, 0.3) is 0 Å². The highest BCUT2D eigenvalue weighted by Crippen LogP contribution is 2.24. The van der Waals surface area contributed by atoms with Gasteiger partial charge >= 0.3 is 6.09 Å². The van der Waals surface area contributed by atoms with Crippen LogP contribution < -0.4 is 9.62 Å². The first-order chi connectivity index (χ1) is 12.3. The number of benzene rings is 2. The molecule has 0 bridgehead atoms. The fourth-order valence-corrected chi connectivity index (χ4v) is 4.34. The summed E-state index contributed by atoms with van der Waals surface area (Å²) in [5, 5.41) is 0.509. The van der Waals surface area contributed by atoms with E-state index < -0.39 is 22.2 Å². The molecule has 0 saturated carbocycles. The molecule has 6 nitrogen and oxygen atoms in total. The zero-order chi connectivity index (χ0) is 18.9. The van der Waals surface area contributed by atoms with Gasteiger partial charge < -0.3 is 4.74 Å². The van der Waals surface area contributed by atoms with E-state index in [2.05, 4.69) is 4.72 Å². The zero-order valence-electron chi connectivity index (χ0n) is 14.4. The Morgan fingerprint density at radius 2 is 2.00 bits per heavy atom. The summed E-state index contributed by atoms with van der Waals surface area (Å²) in [6, 6.07) is 12.1. The summed E-state index contributed by atoms with van der Waals surface area (Å²) in [7, 11) is -3.69. The molecule has 0 aliphatic carbocycles. The van der Waals surface area contributed by atoms with E-state index in [1.165, 1.54) is 4.90 Å². The largest absolute Gasteiger partial charge is 0.443 e. The van der Waals surface area contributed by atoms with Gasteiger partial charge in [0.05, 0.1) is 11.4 Å². The van der Waals surface area contributed by atoms with E-state index in [9.17, 15) is 13.2 Å². The minimum Gasteiger partial charge on any atom is -0.443 e. The van der Waals surface area contributed by atoms with Crippen molar-refractivity contribution in [3.05, 3.63) is 58.6 Å². The van der Waals surface area contributed by atoms with Crippen LogP contribution in [0.15, 0.2) is 47.4 Å². The van der Waals surface area contributed by atoms with Crippen molar-refractivity contribution in [2.45, 2.75) is 24.8 Å². The maximum absolute atomic E-state index is 12.6. The number of hydrogen-bond acceptors (Lipinski definition) is 4. The molecule has 1 aliphatic heterocycles. The number of carbonyl (C=O) groups excluding carboxylic acids is 1. The average Bonchev–Trinajstić information content (AvgIpc) is 2.96. The van der Waals surface area contributed by atoms with Crippen molar-refractivity contribution in [2.24, 2.45) is 0 Å². The quantitative estimate of drug-likeness (QED) is 0.844. The fourth-order valence-electron chi connectivity index (χ4n) is 2.76.